The summed E-state index contributed by atoms with van der Waals surface area (Å²) in [7, 11) is -1.26. The monoisotopic (exact) mass is 416 g/mol. The van der Waals surface area contributed by atoms with Crippen LogP contribution in [0, 0.1) is 29.0 Å². The van der Waals surface area contributed by atoms with Crippen LogP contribution in [0.4, 0.5) is 4.39 Å². The SMILES string of the molecule is C[Si](C)(C)CCOC(=O)C[C@]1(c2ccc(F)cc2)C2CC3CC1C[C@@](C=O)(C3)C2. The molecule has 3 nitrogen and oxygen atoms in total. The molecule has 1 aromatic carbocycles. The number of ether oxygens (including phenoxy) is 1. The van der Waals surface area contributed by atoms with Crippen molar-refractivity contribution >= 4 is 20.3 Å². The molecule has 29 heavy (non-hydrogen) atoms. The van der Waals surface area contributed by atoms with Gasteiger partial charge < -0.3 is 9.53 Å². The fourth-order valence-electron chi connectivity index (χ4n) is 6.69. The van der Waals surface area contributed by atoms with Crippen LogP contribution in [-0.2, 0) is 19.7 Å². The number of rotatable bonds is 7. The van der Waals surface area contributed by atoms with Crippen LogP contribution in [0.15, 0.2) is 24.3 Å². The van der Waals surface area contributed by atoms with Crippen LogP contribution in [0.2, 0.25) is 25.7 Å². The van der Waals surface area contributed by atoms with Gasteiger partial charge in [0.1, 0.15) is 12.1 Å². The summed E-state index contributed by atoms with van der Waals surface area (Å²) in [5, 5.41) is 0. The smallest absolute Gasteiger partial charge is 0.306 e. The summed E-state index contributed by atoms with van der Waals surface area (Å²) in [6.07, 6.45) is 6.37. The predicted octanol–water partition coefficient (Wildman–Crippen LogP) is 5.36. The third kappa shape index (κ3) is 3.83. The van der Waals surface area contributed by atoms with Gasteiger partial charge in [-0.1, -0.05) is 31.8 Å². The first-order chi connectivity index (χ1) is 13.7. The Bertz CT molecular complexity index is 766. The summed E-state index contributed by atoms with van der Waals surface area (Å²) in [5.41, 5.74) is 0.519. The van der Waals surface area contributed by atoms with Gasteiger partial charge in [0.05, 0.1) is 13.0 Å². The first kappa shape index (κ1) is 20.8. The van der Waals surface area contributed by atoms with Gasteiger partial charge in [0.25, 0.3) is 0 Å². The average molecular weight is 417 g/mol. The van der Waals surface area contributed by atoms with Gasteiger partial charge in [-0.05, 0) is 73.6 Å². The Hall–Kier alpha value is -1.49. The fourth-order valence-corrected chi connectivity index (χ4v) is 7.40. The minimum Gasteiger partial charge on any atom is -0.466 e. The van der Waals surface area contributed by atoms with Crippen molar-refractivity contribution in [2.75, 3.05) is 6.61 Å². The molecule has 0 heterocycles. The lowest BCUT2D eigenvalue weighted by Crippen LogP contribution is -2.60. The number of esters is 1. The second kappa shape index (κ2) is 7.33. The second-order valence-corrected chi connectivity index (χ2v) is 16.7. The van der Waals surface area contributed by atoms with Gasteiger partial charge in [0.15, 0.2) is 0 Å². The van der Waals surface area contributed by atoms with Crippen molar-refractivity contribution in [3.8, 4) is 0 Å². The zero-order valence-corrected chi connectivity index (χ0v) is 18.9. The fraction of sp³-hybridized carbons (Fsp3) is 0.667. The molecule has 158 valence electrons. The van der Waals surface area contributed by atoms with Crippen molar-refractivity contribution in [2.24, 2.45) is 23.2 Å². The standard InChI is InChI=1S/C24H33FO3Si/c1-29(2,3)9-8-28-22(27)15-24(18-4-6-21(25)7-5-18)19-10-17-11-20(24)14-23(12-17,13-19)16-26/h4-7,16-17,19-20H,8-15H2,1-3H3/t17?,19?,20?,23-,24+. The first-order valence-corrected chi connectivity index (χ1v) is 14.7. The van der Waals surface area contributed by atoms with Crippen molar-refractivity contribution in [3.63, 3.8) is 0 Å². The van der Waals surface area contributed by atoms with E-state index in [0.29, 0.717) is 18.9 Å². The summed E-state index contributed by atoms with van der Waals surface area (Å²) >= 11 is 0. The van der Waals surface area contributed by atoms with Crippen LogP contribution >= 0.6 is 0 Å². The third-order valence-corrected chi connectivity index (χ3v) is 9.58. The third-order valence-electron chi connectivity index (χ3n) is 7.88. The number of carbonyl (C=O) groups excluding carboxylic acids is 2. The highest BCUT2D eigenvalue weighted by Crippen LogP contribution is 2.67. The molecule has 4 fully saturated rings. The highest BCUT2D eigenvalue weighted by Gasteiger charge is 2.63. The highest BCUT2D eigenvalue weighted by atomic mass is 28.3. The number of aldehydes is 1. The first-order valence-electron chi connectivity index (χ1n) is 11.0. The van der Waals surface area contributed by atoms with Gasteiger partial charge in [-0.15, -0.1) is 0 Å². The van der Waals surface area contributed by atoms with Gasteiger partial charge in [0, 0.05) is 18.9 Å². The molecular formula is C24H33FO3Si. The molecule has 5 heteroatoms. The Morgan fingerprint density at radius 1 is 1.14 bits per heavy atom. The van der Waals surface area contributed by atoms with E-state index in [0.717, 1.165) is 43.7 Å². The van der Waals surface area contributed by atoms with Gasteiger partial charge >= 0.3 is 5.97 Å². The number of halogens is 1. The van der Waals surface area contributed by atoms with Crippen molar-refractivity contribution in [3.05, 3.63) is 35.6 Å². The molecule has 0 aliphatic heterocycles. The Kier molecular flexibility index (Phi) is 5.25. The zero-order chi connectivity index (χ0) is 20.9. The molecule has 4 aliphatic rings. The molecule has 4 saturated carbocycles. The lowest BCUT2D eigenvalue weighted by atomic mass is 9.39. The quantitative estimate of drug-likeness (QED) is 0.341. The van der Waals surface area contributed by atoms with E-state index >= 15 is 0 Å². The van der Waals surface area contributed by atoms with Gasteiger partial charge in [-0.2, -0.15) is 0 Å². The Morgan fingerprint density at radius 3 is 2.31 bits per heavy atom. The molecule has 4 aliphatic carbocycles. The highest BCUT2D eigenvalue weighted by molar-refractivity contribution is 6.76. The summed E-state index contributed by atoms with van der Waals surface area (Å²) in [6.45, 7) is 7.32. The number of carbonyl (C=O) groups is 2. The van der Waals surface area contributed by atoms with Crippen molar-refractivity contribution in [1.82, 2.24) is 0 Å². The lowest BCUT2D eigenvalue weighted by molar-refractivity contribution is -0.158. The minimum atomic E-state index is -1.26. The molecular weight excluding hydrogens is 383 g/mol. The molecule has 5 rings (SSSR count). The molecule has 0 amide bonds. The van der Waals surface area contributed by atoms with E-state index in [4.69, 9.17) is 4.74 Å². The molecule has 4 bridgehead atoms. The largest absolute Gasteiger partial charge is 0.466 e. The molecule has 2 atom stereocenters. The van der Waals surface area contributed by atoms with E-state index in [1.165, 1.54) is 18.4 Å². The molecule has 0 radical (unpaired) electrons. The topological polar surface area (TPSA) is 43.4 Å². The maximum Gasteiger partial charge on any atom is 0.306 e. The molecule has 0 aromatic heterocycles. The molecule has 0 spiro atoms. The van der Waals surface area contributed by atoms with Crippen molar-refractivity contribution < 1.29 is 18.7 Å². The maximum absolute atomic E-state index is 13.7. The van der Waals surface area contributed by atoms with E-state index in [-0.39, 0.29) is 34.5 Å². The van der Waals surface area contributed by atoms with Crippen LogP contribution < -0.4 is 0 Å². The number of hydrogen-bond acceptors (Lipinski definition) is 3. The van der Waals surface area contributed by atoms with Crippen LogP contribution in [-0.4, -0.2) is 26.9 Å². The maximum atomic E-state index is 13.7. The van der Waals surface area contributed by atoms with Crippen molar-refractivity contribution in [2.45, 2.75) is 69.6 Å². The van der Waals surface area contributed by atoms with E-state index < -0.39 is 8.07 Å². The van der Waals surface area contributed by atoms with Crippen molar-refractivity contribution in [1.29, 1.82) is 0 Å². The second-order valence-electron chi connectivity index (χ2n) is 11.1. The summed E-state index contributed by atoms with van der Waals surface area (Å²) in [4.78, 5) is 24.9. The molecule has 0 N–H and O–H groups in total. The number of hydrogen-bond donors (Lipinski definition) is 0. The van der Waals surface area contributed by atoms with Crippen LogP contribution in [0.3, 0.4) is 0 Å². The van der Waals surface area contributed by atoms with E-state index in [1.54, 1.807) is 0 Å². The van der Waals surface area contributed by atoms with Crippen LogP contribution in [0.25, 0.3) is 0 Å². The Labute approximate surface area is 174 Å². The van der Waals surface area contributed by atoms with Crippen LogP contribution in [0.1, 0.15) is 44.1 Å². The Balaban J connectivity index is 1.62. The van der Waals surface area contributed by atoms with E-state index in [1.807, 2.05) is 12.1 Å². The number of benzene rings is 1. The summed E-state index contributed by atoms with van der Waals surface area (Å²) in [5.74, 6) is 0.757. The predicted molar refractivity (Wildman–Crippen MR) is 114 cm³/mol. The van der Waals surface area contributed by atoms with Gasteiger partial charge in [-0.3, -0.25) is 4.79 Å². The zero-order valence-electron chi connectivity index (χ0n) is 17.9. The molecule has 1 aromatic rings. The van der Waals surface area contributed by atoms with Crippen LogP contribution in [0.5, 0.6) is 0 Å². The Morgan fingerprint density at radius 2 is 1.76 bits per heavy atom. The normalized spacial score (nSPS) is 35.5. The van der Waals surface area contributed by atoms with Gasteiger partial charge in [-0.25, -0.2) is 4.39 Å². The summed E-state index contributed by atoms with van der Waals surface area (Å²) < 4.78 is 19.4. The minimum absolute atomic E-state index is 0.139. The molecule has 2 unspecified atom stereocenters. The van der Waals surface area contributed by atoms with E-state index in [2.05, 4.69) is 19.6 Å². The van der Waals surface area contributed by atoms with E-state index in [9.17, 15) is 14.0 Å². The summed E-state index contributed by atoms with van der Waals surface area (Å²) in [6, 6.07) is 7.70. The lowest BCUT2D eigenvalue weighted by Gasteiger charge is -2.64. The van der Waals surface area contributed by atoms with Gasteiger partial charge in [0.2, 0.25) is 0 Å². The molecule has 0 saturated heterocycles. The average Bonchev–Trinajstić information content (AvgIpc) is 2.64.